The van der Waals surface area contributed by atoms with Crippen LogP contribution in [0.5, 0.6) is 0 Å². The molecule has 23 heavy (non-hydrogen) atoms. The van der Waals surface area contributed by atoms with Crippen molar-refractivity contribution in [1.82, 2.24) is 9.55 Å². The minimum atomic E-state index is -0.555. The topological polar surface area (TPSA) is 89.0 Å². The fraction of sp³-hybridized carbons (Fsp3) is 0. The van der Waals surface area contributed by atoms with Crippen LogP contribution in [0.1, 0.15) is 0 Å². The van der Waals surface area contributed by atoms with Crippen molar-refractivity contribution in [3.05, 3.63) is 81.4 Å². The smallest absolute Gasteiger partial charge is 0.266 e. The third-order valence-electron chi connectivity index (χ3n) is 3.83. The maximum absolute atomic E-state index is 12.6. The first-order valence-electron chi connectivity index (χ1n) is 6.65. The van der Waals surface area contributed by atoms with Gasteiger partial charge in [-0.25, -0.2) is 4.57 Å². The van der Waals surface area contributed by atoms with E-state index in [-0.39, 0.29) is 21.5 Å². The summed E-state index contributed by atoms with van der Waals surface area (Å²) in [5, 5.41) is 0.521. The fourth-order valence-electron chi connectivity index (χ4n) is 2.72. The molecular formula is C16H7IN2O4. The third kappa shape index (κ3) is 1.93. The molecular weight excluding hydrogens is 411 g/mol. The molecule has 2 heterocycles. The molecule has 0 radical (unpaired) electrons. The van der Waals surface area contributed by atoms with Crippen LogP contribution in [0.3, 0.4) is 0 Å². The number of nitrogens with one attached hydrogen (secondary N) is 1. The number of hydrogen-bond acceptors (Lipinski definition) is 4. The van der Waals surface area contributed by atoms with Crippen LogP contribution in [0.25, 0.3) is 27.2 Å². The number of aromatic nitrogens is 2. The Morgan fingerprint density at radius 2 is 1.22 bits per heavy atom. The maximum atomic E-state index is 12.6. The van der Waals surface area contributed by atoms with E-state index in [1.165, 1.54) is 12.1 Å². The lowest BCUT2D eigenvalue weighted by Crippen LogP contribution is -2.23. The number of rotatable bonds is 1. The summed E-state index contributed by atoms with van der Waals surface area (Å²) in [4.78, 5) is 50.7. The molecule has 0 aliphatic heterocycles. The van der Waals surface area contributed by atoms with Crippen LogP contribution in [0, 0.1) is 3.57 Å². The summed E-state index contributed by atoms with van der Waals surface area (Å²) in [7, 11) is 0. The molecule has 2 aromatic carbocycles. The van der Waals surface area contributed by atoms with Gasteiger partial charge in [-0.2, -0.15) is 0 Å². The quantitative estimate of drug-likeness (QED) is 0.468. The molecule has 0 amide bonds. The van der Waals surface area contributed by atoms with Gasteiger partial charge in [0.05, 0.1) is 27.2 Å². The molecule has 0 aliphatic rings. The Kier molecular flexibility index (Phi) is 2.89. The van der Waals surface area contributed by atoms with Gasteiger partial charge in [-0.3, -0.25) is 24.2 Å². The van der Waals surface area contributed by atoms with E-state index in [0.29, 0.717) is 5.69 Å². The van der Waals surface area contributed by atoms with Crippen molar-refractivity contribution in [2.75, 3.05) is 0 Å². The zero-order chi connectivity index (χ0) is 16.3. The lowest BCUT2D eigenvalue weighted by Gasteiger charge is -1.99. The summed E-state index contributed by atoms with van der Waals surface area (Å²) in [6, 6.07) is 9.56. The number of aromatic amines is 1. The van der Waals surface area contributed by atoms with Crippen LogP contribution in [0.15, 0.2) is 55.6 Å². The Morgan fingerprint density at radius 1 is 0.739 bits per heavy atom. The summed E-state index contributed by atoms with van der Waals surface area (Å²) in [5.41, 5.74) is -1.66. The lowest BCUT2D eigenvalue weighted by atomic mass is 10.1. The average molecular weight is 418 g/mol. The fourth-order valence-corrected chi connectivity index (χ4v) is 3.08. The molecule has 0 fully saturated rings. The van der Waals surface area contributed by atoms with Gasteiger partial charge >= 0.3 is 0 Å². The van der Waals surface area contributed by atoms with Gasteiger partial charge in [0.1, 0.15) is 0 Å². The van der Waals surface area contributed by atoms with Gasteiger partial charge in [0, 0.05) is 3.57 Å². The second-order valence-electron chi connectivity index (χ2n) is 5.15. The van der Waals surface area contributed by atoms with Crippen LogP contribution in [0.4, 0.5) is 0 Å². The van der Waals surface area contributed by atoms with E-state index in [4.69, 9.17) is 0 Å². The molecule has 112 valence electrons. The van der Waals surface area contributed by atoms with Gasteiger partial charge in [-0.05, 0) is 59.0 Å². The van der Waals surface area contributed by atoms with Crippen LogP contribution >= 0.6 is 22.6 Å². The Labute approximate surface area is 140 Å². The summed E-state index contributed by atoms with van der Waals surface area (Å²) in [6.07, 6.45) is 0. The van der Waals surface area contributed by atoms with Crippen molar-refractivity contribution < 1.29 is 0 Å². The van der Waals surface area contributed by atoms with Gasteiger partial charge in [0.15, 0.2) is 0 Å². The highest BCUT2D eigenvalue weighted by atomic mass is 127. The number of H-pyrrole nitrogens is 1. The number of halogens is 1. The van der Waals surface area contributed by atoms with E-state index >= 15 is 0 Å². The number of hydrogen-bond donors (Lipinski definition) is 1. The normalized spacial score (nSPS) is 11.5. The highest BCUT2D eigenvalue weighted by molar-refractivity contribution is 14.1. The maximum Gasteiger partial charge on any atom is 0.266 e. The SMILES string of the molecule is O=c1[nH]c(=O)c2cc3c(=O)n(-c4ccc(I)cc4)c(=O)c3cc12. The van der Waals surface area contributed by atoms with E-state index in [9.17, 15) is 19.2 Å². The Hall–Kier alpha value is -2.55. The standard InChI is InChI=1S/C16H7IN2O4/c17-7-1-3-8(4-2-7)19-15(22)11-5-9-10(6-12(11)16(19)23)14(21)18-13(9)20/h1-6H,(H,18,20,21). The lowest BCUT2D eigenvalue weighted by molar-refractivity contribution is 0.990. The van der Waals surface area contributed by atoms with Crippen molar-refractivity contribution in [3.8, 4) is 5.69 Å². The summed E-state index contributed by atoms with van der Waals surface area (Å²) in [6.45, 7) is 0. The van der Waals surface area contributed by atoms with Crippen LogP contribution in [-0.2, 0) is 0 Å². The van der Waals surface area contributed by atoms with Crippen molar-refractivity contribution in [2.45, 2.75) is 0 Å². The molecule has 0 aliphatic carbocycles. The molecule has 4 aromatic rings. The van der Waals surface area contributed by atoms with E-state index in [1.807, 2.05) is 0 Å². The van der Waals surface area contributed by atoms with E-state index in [1.54, 1.807) is 24.3 Å². The molecule has 0 unspecified atom stereocenters. The van der Waals surface area contributed by atoms with Crippen molar-refractivity contribution in [2.24, 2.45) is 0 Å². The van der Waals surface area contributed by atoms with Crippen molar-refractivity contribution in [1.29, 1.82) is 0 Å². The number of benzene rings is 2. The van der Waals surface area contributed by atoms with Crippen LogP contribution in [-0.4, -0.2) is 9.55 Å². The largest absolute Gasteiger partial charge is 0.288 e. The van der Waals surface area contributed by atoms with Crippen molar-refractivity contribution >= 4 is 44.1 Å². The molecule has 0 saturated heterocycles. The zero-order valence-electron chi connectivity index (χ0n) is 11.4. The predicted molar refractivity (Wildman–Crippen MR) is 95.3 cm³/mol. The van der Waals surface area contributed by atoms with Gasteiger partial charge in [0.25, 0.3) is 22.2 Å². The molecule has 1 N–H and O–H groups in total. The molecule has 0 atom stereocenters. The molecule has 4 rings (SSSR count). The van der Waals surface area contributed by atoms with E-state index in [0.717, 1.165) is 8.14 Å². The van der Waals surface area contributed by atoms with Gasteiger partial charge in [0.2, 0.25) is 0 Å². The Balaban J connectivity index is 2.18. The minimum Gasteiger partial charge on any atom is -0.288 e. The number of nitrogens with zero attached hydrogens (tertiary/aromatic N) is 1. The molecule has 0 bridgehead atoms. The Bertz CT molecular complexity index is 1210. The summed E-state index contributed by atoms with van der Waals surface area (Å²) < 4.78 is 2.03. The molecule has 6 nitrogen and oxygen atoms in total. The zero-order valence-corrected chi connectivity index (χ0v) is 13.6. The Morgan fingerprint density at radius 3 is 1.70 bits per heavy atom. The first-order chi connectivity index (χ1) is 11.0. The summed E-state index contributed by atoms with van der Waals surface area (Å²) >= 11 is 2.13. The molecule has 7 heteroatoms. The van der Waals surface area contributed by atoms with Crippen LogP contribution in [0.2, 0.25) is 0 Å². The predicted octanol–water partition coefficient (Wildman–Crippen LogP) is 1.03. The molecule has 2 aromatic heterocycles. The van der Waals surface area contributed by atoms with E-state index < -0.39 is 22.2 Å². The van der Waals surface area contributed by atoms with E-state index in [2.05, 4.69) is 27.6 Å². The van der Waals surface area contributed by atoms with Crippen LogP contribution < -0.4 is 22.2 Å². The average Bonchev–Trinajstić information content (AvgIpc) is 2.94. The second-order valence-corrected chi connectivity index (χ2v) is 6.39. The second kappa shape index (κ2) is 4.72. The van der Waals surface area contributed by atoms with Gasteiger partial charge in [-0.15, -0.1) is 0 Å². The molecule has 0 spiro atoms. The monoisotopic (exact) mass is 418 g/mol. The number of fused-ring (bicyclic) bond motifs is 2. The first-order valence-corrected chi connectivity index (χ1v) is 7.73. The first kappa shape index (κ1) is 14.1. The van der Waals surface area contributed by atoms with Crippen molar-refractivity contribution in [3.63, 3.8) is 0 Å². The van der Waals surface area contributed by atoms with Gasteiger partial charge in [-0.1, -0.05) is 0 Å². The third-order valence-corrected chi connectivity index (χ3v) is 4.54. The summed E-state index contributed by atoms with van der Waals surface area (Å²) in [5.74, 6) is 0. The highest BCUT2D eigenvalue weighted by Gasteiger charge is 2.17. The van der Waals surface area contributed by atoms with Gasteiger partial charge < -0.3 is 0 Å². The minimum absolute atomic E-state index is 0.124. The molecule has 0 saturated carbocycles. The highest BCUT2D eigenvalue weighted by Crippen LogP contribution is 2.16.